The van der Waals surface area contributed by atoms with Crippen LogP contribution in [0.5, 0.6) is 5.88 Å². The minimum absolute atomic E-state index is 0.0527. The first-order valence-corrected chi connectivity index (χ1v) is 7.06. The maximum atomic E-state index is 12.0. The first-order chi connectivity index (χ1) is 12.0. The van der Waals surface area contributed by atoms with Crippen LogP contribution in [-0.4, -0.2) is 35.9 Å². The summed E-state index contributed by atoms with van der Waals surface area (Å²) in [5.41, 5.74) is 4.35. The second-order valence-electron chi connectivity index (χ2n) is 5.11. The highest BCUT2D eigenvalue weighted by Gasteiger charge is 2.47. The average Bonchev–Trinajstić information content (AvgIpc) is 2.92. The predicted molar refractivity (Wildman–Crippen MR) is 86.1 cm³/mol. The molecule has 0 saturated carbocycles. The van der Waals surface area contributed by atoms with Gasteiger partial charge in [0.1, 0.15) is 11.9 Å². The van der Waals surface area contributed by atoms with Crippen molar-refractivity contribution in [2.75, 3.05) is 5.73 Å². The summed E-state index contributed by atoms with van der Waals surface area (Å²) in [6.45, 7) is 0. The van der Waals surface area contributed by atoms with Gasteiger partial charge in [-0.1, -0.05) is 12.1 Å². The number of anilines is 1. The molecule has 1 unspecified atom stereocenters. The van der Waals surface area contributed by atoms with E-state index in [1.54, 1.807) is 18.2 Å². The predicted octanol–water partition coefficient (Wildman–Crippen LogP) is 0.980. The van der Waals surface area contributed by atoms with E-state index in [1.807, 2.05) is 0 Å². The zero-order valence-corrected chi connectivity index (χ0v) is 12.7. The Morgan fingerprint density at radius 2 is 1.92 bits per heavy atom. The van der Waals surface area contributed by atoms with Gasteiger partial charge in [-0.05, 0) is 12.1 Å². The Morgan fingerprint density at radius 1 is 1.24 bits per heavy atom. The van der Waals surface area contributed by atoms with Gasteiger partial charge in [-0.2, -0.15) is 5.26 Å². The van der Waals surface area contributed by atoms with E-state index in [-0.39, 0.29) is 16.9 Å². The third-order valence-electron chi connectivity index (χ3n) is 3.72. The first-order valence-electron chi connectivity index (χ1n) is 7.06. The Bertz CT molecular complexity index is 965. The molecule has 3 rings (SSSR count). The number of aromatic nitrogens is 4. The Hall–Kier alpha value is -3.93. The van der Waals surface area contributed by atoms with E-state index in [9.17, 15) is 20.3 Å². The number of nitriles is 1. The molecule has 9 heteroatoms. The Balaban J connectivity index is 2.30. The van der Waals surface area contributed by atoms with Crippen molar-refractivity contribution in [2.45, 2.75) is 5.54 Å². The van der Waals surface area contributed by atoms with Gasteiger partial charge in [-0.15, -0.1) is 5.10 Å². The molecule has 4 N–H and O–H groups in total. The van der Waals surface area contributed by atoms with Gasteiger partial charge in [0.25, 0.3) is 5.54 Å². The van der Waals surface area contributed by atoms with Crippen LogP contribution in [0.1, 0.15) is 5.56 Å². The lowest BCUT2D eigenvalue weighted by molar-refractivity contribution is -0.143. The van der Waals surface area contributed by atoms with Crippen LogP contribution in [0.2, 0.25) is 0 Å². The monoisotopic (exact) mass is 336 g/mol. The summed E-state index contributed by atoms with van der Waals surface area (Å²) in [5, 5.41) is 33.5. The van der Waals surface area contributed by atoms with Crippen LogP contribution in [-0.2, 0) is 10.3 Å². The first kappa shape index (κ1) is 15.9. The topological polar surface area (TPSA) is 151 Å². The molecule has 0 spiro atoms. The van der Waals surface area contributed by atoms with Gasteiger partial charge in [0.05, 0.1) is 5.56 Å². The van der Waals surface area contributed by atoms with E-state index in [0.717, 1.165) is 4.68 Å². The van der Waals surface area contributed by atoms with Gasteiger partial charge in [-0.25, -0.2) is 9.48 Å². The Labute approximate surface area is 141 Å². The molecule has 0 aliphatic carbocycles. The number of nitrogen functional groups attached to an aromatic ring is 1. The molecule has 0 aliphatic heterocycles. The van der Waals surface area contributed by atoms with Crippen molar-refractivity contribution in [1.82, 2.24) is 19.7 Å². The fraction of sp³-hybridized carbons (Fsp3) is 0.0625. The van der Waals surface area contributed by atoms with Crippen molar-refractivity contribution in [2.24, 2.45) is 0 Å². The van der Waals surface area contributed by atoms with Crippen LogP contribution >= 0.6 is 0 Å². The summed E-state index contributed by atoms with van der Waals surface area (Å²) >= 11 is 0. The van der Waals surface area contributed by atoms with Crippen molar-refractivity contribution in [1.29, 1.82) is 5.26 Å². The number of carboxylic acid groups (broad SMARTS) is 1. The Kier molecular flexibility index (Phi) is 3.79. The van der Waals surface area contributed by atoms with Gasteiger partial charge in [0.2, 0.25) is 5.88 Å². The normalized spacial score (nSPS) is 12.9. The molecule has 3 aromatic rings. The standard InChI is InChI=1S/C16H12N6O3/c17-9-16(15(24)25,11-4-2-6-20-8-11)22-13(18)12(14(23)21-22)10-3-1-5-19-7-10/h1-8H,18H2,(H,21,23)(H,24,25). The molecule has 3 heterocycles. The molecule has 9 nitrogen and oxygen atoms in total. The maximum Gasteiger partial charge on any atom is 0.351 e. The molecule has 0 saturated heterocycles. The van der Waals surface area contributed by atoms with Crippen LogP contribution < -0.4 is 5.73 Å². The largest absolute Gasteiger partial charge is 0.492 e. The molecule has 1 atom stereocenters. The fourth-order valence-electron chi connectivity index (χ4n) is 2.54. The van der Waals surface area contributed by atoms with Crippen LogP contribution in [0.15, 0.2) is 49.1 Å². The fourth-order valence-corrected chi connectivity index (χ4v) is 2.54. The molecule has 0 radical (unpaired) electrons. The zero-order chi connectivity index (χ0) is 18.0. The van der Waals surface area contributed by atoms with E-state index in [1.165, 1.54) is 36.9 Å². The number of hydrogen-bond acceptors (Lipinski definition) is 7. The minimum Gasteiger partial charge on any atom is -0.492 e. The van der Waals surface area contributed by atoms with E-state index in [2.05, 4.69) is 15.1 Å². The van der Waals surface area contributed by atoms with Crippen molar-refractivity contribution in [3.8, 4) is 23.1 Å². The molecular weight excluding hydrogens is 324 g/mol. The number of rotatable bonds is 4. The lowest BCUT2D eigenvalue weighted by Gasteiger charge is -2.23. The van der Waals surface area contributed by atoms with Crippen LogP contribution in [0.25, 0.3) is 11.1 Å². The number of nitrogens with zero attached hydrogens (tertiary/aromatic N) is 5. The molecule has 0 aliphatic rings. The van der Waals surface area contributed by atoms with E-state index < -0.39 is 17.4 Å². The number of nitrogens with two attached hydrogens (primary N) is 1. The van der Waals surface area contributed by atoms with Gasteiger partial charge >= 0.3 is 5.97 Å². The summed E-state index contributed by atoms with van der Waals surface area (Å²) in [4.78, 5) is 19.8. The smallest absolute Gasteiger partial charge is 0.351 e. The number of carboxylic acids is 1. The minimum atomic E-state index is -2.28. The molecule has 0 aromatic carbocycles. The van der Waals surface area contributed by atoms with Gasteiger partial charge in [-0.3, -0.25) is 9.97 Å². The third-order valence-corrected chi connectivity index (χ3v) is 3.72. The second kappa shape index (κ2) is 5.93. The zero-order valence-electron chi connectivity index (χ0n) is 12.7. The van der Waals surface area contributed by atoms with Crippen LogP contribution in [0, 0.1) is 11.3 Å². The van der Waals surface area contributed by atoms with Crippen molar-refractivity contribution in [3.63, 3.8) is 0 Å². The molecule has 0 bridgehead atoms. The van der Waals surface area contributed by atoms with Crippen molar-refractivity contribution in [3.05, 3.63) is 54.6 Å². The van der Waals surface area contributed by atoms with Crippen LogP contribution in [0.3, 0.4) is 0 Å². The van der Waals surface area contributed by atoms with Crippen LogP contribution in [0.4, 0.5) is 5.82 Å². The second-order valence-corrected chi connectivity index (χ2v) is 5.11. The van der Waals surface area contributed by atoms with Crippen molar-refractivity contribution < 1.29 is 15.0 Å². The van der Waals surface area contributed by atoms with Crippen molar-refractivity contribution >= 4 is 11.8 Å². The molecule has 0 amide bonds. The highest BCUT2D eigenvalue weighted by Crippen LogP contribution is 2.38. The number of aliphatic carboxylic acids is 1. The molecule has 3 aromatic heterocycles. The summed E-state index contributed by atoms with van der Waals surface area (Å²) in [5.74, 6) is -2.19. The molecule has 124 valence electrons. The highest BCUT2D eigenvalue weighted by molar-refractivity contribution is 5.87. The lowest BCUT2D eigenvalue weighted by Crippen LogP contribution is -2.43. The third kappa shape index (κ3) is 2.33. The Morgan fingerprint density at radius 3 is 2.44 bits per heavy atom. The summed E-state index contributed by atoms with van der Waals surface area (Å²) in [6.07, 6.45) is 5.65. The van der Waals surface area contributed by atoms with E-state index in [4.69, 9.17) is 5.73 Å². The maximum absolute atomic E-state index is 12.0. The van der Waals surface area contributed by atoms with Gasteiger partial charge < -0.3 is 15.9 Å². The highest BCUT2D eigenvalue weighted by atomic mass is 16.4. The van der Waals surface area contributed by atoms with E-state index in [0.29, 0.717) is 5.56 Å². The molecular formula is C16H12N6O3. The number of pyridine rings is 2. The summed E-state index contributed by atoms with van der Waals surface area (Å²) in [7, 11) is 0. The number of carbonyl (C=O) groups is 1. The average molecular weight is 336 g/mol. The summed E-state index contributed by atoms with van der Waals surface area (Å²) < 4.78 is 0.782. The molecule has 25 heavy (non-hydrogen) atoms. The number of hydrogen-bond donors (Lipinski definition) is 3. The van der Waals surface area contributed by atoms with E-state index >= 15 is 0 Å². The quantitative estimate of drug-likeness (QED) is 0.637. The molecule has 0 fully saturated rings. The summed E-state index contributed by atoms with van der Waals surface area (Å²) in [6, 6.07) is 7.90. The number of aromatic hydroxyl groups is 1. The van der Waals surface area contributed by atoms with Gasteiger partial charge in [0.15, 0.2) is 0 Å². The lowest BCUT2D eigenvalue weighted by atomic mass is 9.93. The van der Waals surface area contributed by atoms with Gasteiger partial charge in [0, 0.05) is 35.9 Å². The SMILES string of the molecule is N#CC(C(=O)O)(c1cccnc1)n1nc(O)c(-c2cccnc2)c1N.